The predicted octanol–water partition coefficient (Wildman–Crippen LogP) is 4.70. The minimum Gasteiger partial charge on any atom is -0.463 e. The molecule has 2 amide bonds. The molecule has 2 aliphatic rings. The molecule has 2 aromatic rings. The van der Waals surface area contributed by atoms with Crippen molar-refractivity contribution in [2.24, 2.45) is 11.8 Å². The SMILES string of the molecule is CC(C)CCN1C(=O)c2ccc(-c3ccco3)n2C[C@]1(C)C(=O)N[C@H]1CCCC[C@H]1C. The molecule has 0 aromatic carbocycles. The third-order valence-corrected chi connectivity index (χ3v) is 7.13. The molecule has 1 N–H and O–H groups in total. The molecule has 1 aliphatic carbocycles. The van der Waals surface area contributed by atoms with Crippen molar-refractivity contribution in [3.63, 3.8) is 0 Å². The van der Waals surface area contributed by atoms with Crippen LogP contribution in [0.1, 0.15) is 70.3 Å². The summed E-state index contributed by atoms with van der Waals surface area (Å²) in [7, 11) is 0. The average molecular weight is 426 g/mol. The van der Waals surface area contributed by atoms with Crippen molar-refractivity contribution in [2.75, 3.05) is 6.54 Å². The third kappa shape index (κ3) is 4.04. The summed E-state index contributed by atoms with van der Waals surface area (Å²) >= 11 is 0. The van der Waals surface area contributed by atoms with Crippen LogP contribution in [0.25, 0.3) is 11.5 Å². The van der Waals surface area contributed by atoms with E-state index < -0.39 is 5.54 Å². The number of hydrogen-bond acceptors (Lipinski definition) is 3. The number of furan rings is 1. The van der Waals surface area contributed by atoms with Crippen molar-refractivity contribution >= 4 is 11.8 Å². The highest BCUT2D eigenvalue weighted by molar-refractivity contribution is 6.00. The normalized spacial score (nSPS) is 26.2. The Morgan fingerprint density at radius 1 is 1.23 bits per heavy atom. The van der Waals surface area contributed by atoms with E-state index >= 15 is 0 Å². The summed E-state index contributed by atoms with van der Waals surface area (Å²) in [5, 5.41) is 3.32. The zero-order chi connectivity index (χ0) is 22.2. The fourth-order valence-electron chi connectivity index (χ4n) is 5.00. The smallest absolute Gasteiger partial charge is 0.271 e. The summed E-state index contributed by atoms with van der Waals surface area (Å²) in [5.41, 5.74) is 0.504. The van der Waals surface area contributed by atoms with Gasteiger partial charge in [-0.3, -0.25) is 9.59 Å². The van der Waals surface area contributed by atoms with Crippen LogP contribution in [0, 0.1) is 11.8 Å². The van der Waals surface area contributed by atoms with Gasteiger partial charge in [0.15, 0.2) is 0 Å². The van der Waals surface area contributed by atoms with Gasteiger partial charge >= 0.3 is 0 Å². The van der Waals surface area contributed by atoms with Crippen LogP contribution in [0.15, 0.2) is 34.9 Å². The molecule has 1 aliphatic heterocycles. The summed E-state index contributed by atoms with van der Waals surface area (Å²) in [5.74, 6) is 1.49. The van der Waals surface area contributed by atoms with Gasteiger partial charge in [0, 0.05) is 12.6 Å². The van der Waals surface area contributed by atoms with E-state index in [1.54, 1.807) is 11.2 Å². The lowest BCUT2D eigenvalue weighted by molar-refractivity contribution is -0.134. The predicted molar refractivity (Wildman–Crippen MR) is 121 cm³/mol. The van der Waals surface area contributed by atoms with Gasteiger partial charge in [-0.2, -0.15) is 0 Å². The van der Waals surface area contributed by atoms with Crippen LogP contribution in [0.2, 0.25) is 0 Å². The zero-order valence-electron chi connectivity index (χ0n) is 19.2. The lowest BCUT2D eigenvalue weighted by atomic mass is 9.85. The van der Waals surface area contributed by atoms with E-state index in [0.29, 0.717) is 36.4 Å². The Morgan fingerprint density at radius 3 is 2.65 bits per heavy atom. The highest BCUT2D eigenvalue weighted by Gasteiger charge is 2.48. The maximum Gasteiger partial charge on any atom is 0.271 e. The minimum atomic E-state index is -0.948. The van der Waals surface area contributed by atoms with E-state index in [1.165, 1.54) is 6.42 Å². The first kappa shape index (κ1) is 21.7. The Balaban J connectivity index is 1.68. The van der Waals surface area contributed by atoms with Crippen LogP contribution >= 0.6 is 0 Å². The maximum absolute atomic E-state index is 13.7. The van der Waals surface area contributed by atoms with Crippen LogP contribution in [-0.2, 0) is 11.3 Å². The topological polar surface area (TPSA) is 67.5 Å². The highest BCUT2D eigenvalue weighted by Crippen LogP contribution is 2.34. The number of rotatable bonds is 6. The first-order valence-electron chi connectivity index (χ1n) is 11.7. The fourth-order valence-corrected chi connectivity index (χ4v) is 5.00. The van der Waals surface area contributed by atoms with Crippen molar-refractivity contribution in [2.45, 2.75) is 77.9 Å². The Hall–Kier alpha value is -2.50. The van der Waals surface area contributed by atoms with Crippen LogP contribution in [0.5, 0.6) is 0 Å². The van der Waals surface area contributed by atoms with Gasteiger partial charge in [0.2, 0.25) is 5.91 Å². The van der Waals surface area contributed by atoms with Crippen molar-refractivity contribution in [1.82, 2.24) is 14.8 Å². The molecule has 4 rings (SSSR count). The number of amides is 2. The van der Waals surface area contributed by atoms with Crippen LogP contribution in [-0.4, -0.2) is 39.4 Å². The van der Waals surface area contributed by atoms with Gasteiger partial charge in [-0.25, -0.2) is 0 Å². The molecule has 0 bridgehead atoms. The molecule has 3 heterocycles. The van der Waals surface area contributed by atoms with Crippen molar-refractivity contribution in [3.8, 4) is 11.5 Å². The molecular formula is C25H35N3O3. The Labute approximate surface area is 185 Å². The van der Waals surface area contributed by atoms with Gasteiger partial charge in [-0.05, 0) is 62.3 Å². The van der Waals surface area contributed by atoms with Gasteiger partial charge in [-0.15, -0.1) is 0 Å². The largest absolute Gasteiger partial charge is 0.463 e. The number of carbonyl (C=O) groups excluding carboxylic acids is 2. The molecule has 2 aromatic heterocycles. The summed E-state index contributed by atoms with van der Waals surface area (Å²) in [6.45, 7) is 9.42. The van der Waals surface area contributed by atoms with E-state index in [1.807, 2.05) is 35.8 Å². The van der Waals surface area contributed by atoms with E-state index in [0.717, 1.165) is 31.4 Å². The average Bonchev–Trinajstić information content (AvgIpc) is 3.38. The second-order valence-electron chi connectivity index (χ2n) is 9.92. The molecule has 1 saturated carbocycles. The van der Waals surface area contributed by atoms with Crippen molar-refractivity contribution in [3.05, 3.63) is 36.2 Å². The Kier molecular flexibility index (Phi) is 6.00. The van der Waals surface area contributed by atoms with E-state index in [9.17, 15) is 9.59 Å². The van der Waals surface area contributed by atoms with E-state index in [2.05, 4.69) is 26.1 Å². The number of carbonyl (C=O) groups is 2. The molecule has 31 heavy (non-hydrogen) atoms. The van der Waals surface area contributed by atoms with Gasteiger partial charge in [0.25, 0.3) is 5.91 Å². The first-order valence-corrected chi connectivity index (χ1v) is 11.7. The van der Waals surface area contributed by atoms with Crippen molar-refractivity contribution < 1.29 is 14.0 Å². The van der Waals surface area contributed by atoms with Gasteiger partial charge in [0.05, 0.1) is 18.5 Å². The second-order valence-corrected chi connectivity index (χ2v) is 9.92. The van der Waals surface area contributed by atoms with E-state index in [4.69, 9.17) is 4.42 Å². The molecule has 0 saturated heterocycles. The van der Waals surface area contributed by atoms with Gasteiger partial charge < -0.3 is 19.2 Å². The molecule has 6 heteroatoms. The Bertz CT molecular complexity index is 930. The summed E-state index contributed by atoms with van der Waals surface area (Å²) in [6.07, 6.45) is 7.01. The zero-order valence-corrected chi connectivity index (χ0v) is 19.2. The molecular weight excluding hydrogens is 390 g/mol. The Morgan fingerprint density at radius 2 is 1.97 bits per heavy atom. The first-order chi connectivity index (χ1) is 14.8. The number of fused-ring (bicyclic) bond motifs is 1. The number of hydrogen-bond donors (Lipinski definition) is 1. The van der Waals surface area contributed by atoms with Crippen LogP contribution in [0.4, 0.5) is 0 Å². The molecule has 0 radical (unpaired) electrons. The van der Waals surface area contributed by atoms with Crippen molar-refractivity contribution in [1.29, 1.82) is 0 Å². The lowest BCUT2D eigenvalue weighted by Crippen LogP contribution is -2.65. The molecule has 0 unspecified atom stereocenters. The molecule has 3 atom stereocenters. The van der Waals surface area contributed by atoms with Gasteiger partial charge in [-0.1, -0.05) is 33.6 Å². The maximum atomic E-state index is 13.7. The quantitative estimate of drug-likeness (QED) is 0.729. The van der Waals surface area contributed by atoms with Gasteiger partial charge in [0.1, 0.15) is 17.0 Å². The summed E-state index contributed by atoms with van der Waals surface area (Å²) < 4.78 is 7.56. The highest BCUT2D eigenvalue weighted by atomic mass is 16.3. The molecule has 0 spiro atoms. The summed E-state index contributed by atoms with van der Waals surface area (Å²) in [4.78, 5) is 29.1. The molecule has 1 fully saturated rings. The van der Waals surface area contributed by atoms with E-state index in [-0.39, 0.29) is 17.9 Å². The van der Waals surface area contributed by atoms with Crippen LogP contribution in [0.3, 0.4) is 0 Å². The standard InChI is InChI=1S/C25H35N3O3/c1-17(2)13-14-28-23(29)21-12-11-20(22-10-7-15-31-22)27(21)16-25(28,4)24(30)26-19-9-6-5-8-18(19)3/h7,10-12,15,17-19H,5-6,8-9,13-14,16H2,1-4H3,(H,26,30)/t18-,19+,25-/m1/s1. The third-order valence-electron chi connectivity index (χ3n) is 7.13. The number of aromatic nitrogens is 1. The monoisotopic (exact) mass is 425 g/mol. The molecule has 168 valence electrons. The second kappa shape index (κ2) is 8.56. The minimum absolute atomic E-state index is 0.0481. The lowest BCUT2D eigenvalue weighted by Gasteiger charge is -2.45. The fraction of sp³-hybridized carbons (Fsp3) is 0.600. The number of nitrogens with one attached hydrogen (secondary N) is 1. The molecule has 6 nitrogen and oxygen atoms in total. The summed E-state index contributed by atoms with van der Waals surface area (Å²) in [6, 6.07) is 7.67. The van der Waals surface area contributed by atoms with Crippen LogP contribution < -0.4 is 5.32 Å². The number of nitrogens with zero attached hydrogens (tertiary/aromatic N) is 2.